The first-order valence-electron chi connectivity index (χ1n) is 3.36. The van der Waals surface area contributed by atoms with Gasteiger partial charge in [-0.25, -0.2) is 9.97 Å². The lowest BCUT2D eigenvalue weighted by Gasteiger charge is -1.98. The Morgan fingerprint density at radius 1 is 1.25 bits per heavy atom. The number of aromatic nitrogens is 2. The fraction of sp³-hybridized carbons (Fsp3) is 0. The van der Waals surface area contributed by atoms with Crippen LogP contribution in [0.3, 0.4) is 0 Å². The van der Waals surface area contributed by atoms with Gasteiger partial charge in [0.15, 0.2) is 0 Å². The van der Waals surface area contributed by atoms with Crippen LogP contribution >= 0.6 is 35.2 Å². The summed E-state index contributed by atoms with van der Waals surface area (Å²) in [7, 11) is 0. The van der Waals surface area contributed by atoms with Crippen molar-refractivity contribution < 1.29 is 0 Å². The molecule has 0 N–H and O–H groups in total. The van der Waals surface area contributed by atoms with E-state index < -0.39 is 0 Å². The van der Waals surface area contributed by atoms with Gasteiger partial charge in [-0.3, -0.25) is 0 Å². The number of hydrogen-bond donors (Lipinski definition) is 1. The van der Waals surface area contributed by atoms with Crippen molar-refractivity contribution in [2.24, 2.45) is 0 Å². The summed E-state index contributed by atoms with van der Waals surface area (Å²) in [4.78, 5) is 8.12. The van der Waals surface area contributed by atoms with Crippen molar-refractivity contribution in [3.63, 3.8) is 0 Å². The van der Waals surface area contributed by atoms with E-state index in [0.717, 1.165) is 15.9 Å². The van der Waals surface area contributed by atoms with Gasteiger partial charge in [0.05, 0.1) is 5.52 Å². The van der Waals surface area contributed by atoms with Gasteiger partial charge in [0.1, 0.15) is 11.4 Å². The third-order valence-electron chi connectivity index (χ3n) is 1.58. The van der Waals surface area contributed by atoms with E-state index in [1.165, 1.54) is 9.90 Å². The third-order valence-corrected chi connectivity index (χ3v) is 2.60. The molecule has 4 heteroatoms. The molecule has 0 saturated heterocycles. The van der Waals surface area contributed by atoms with Crippen LogP contribution in [0.5, 0.6) is 0 Å². The molecule has 1 aromatic heterocycles. The average molecular weight is 288 g/mol. The number of thiol groups is 1. The SMILES string of the molecule is Sc1ncnc2ccc(I)cc12. The Morgan fingerprint density at radius 3 is 2.92 bits per heavy atom. The van der Waals surface area contributed by atoms with E-state index in [9.17, 15) is 0 Å². The zero-order valence-corrected chi connectivity index (χ0v) is 9.08. The van der Waals surface area contributed by atoms with Crippen molar-refractivity contribution in [3.8, 4) is 0 Å². The first-order chi connectivity index (χ1) is 5.77. The van der Waals surface area contributed by atoms with E-state index in [2.05, 4.69) is 45.2 Å². The van der Waals surface area contributed by atoms with Crippen molar-refractivity contribution in [1.82, 2.24) is 9.97 Å². The Kier molecular flexibility index (Phi) is 2.18. The summed E-state index contributed by atoms with van der Waals surface area (Å²) in [5.74, 6) is 0. The smallest absolute Gasteiger partial charge is 0.117 e. The molecule has 0 amide bonds. The van der Waals surface area contributed by atoms with E-state index in [0.29, 0.717) is 0 Å². The molecular weight excluding hydrogens is 283 g/mol. The van der Waals surface area contributed by atoms with E-state index in [4.69, 9.17) is 0 Å². The van der Waals surface area contributed by atoms with Crippen molar-refractivity contribution in [3.05, 3.63) is 28.1 Å². The Balaban J connectivity index is 2.88. The molecule has 0 bridgehead atoms. The molecule has 0 aliphatic carbocycles. The maximum absolute atomic E-state index is 4.24. The topological polar surface area (TPSA) is 25.8 Å². The van der Waals surface area contributed by atoms with Crippen molar-refractivity contribution in [1.29, 1.82) is 0 Å². The number of halogens is 1. The van der Waals surface area contributed by atoms with Crippen molar-refractivity contribution >= 4 is 46.1 Å². The van der Waals surface area contributed by atoms with Gasteiger partial charge in [0.2, 0.25) is 0 Å². The first kappa shape index (κ1) is 8.25. The predicted octanol–water partition coefficient (Wildman–Crippen LogP) is 2.52. The molecule has 12 heavy (non-hydrogen) atoms. The van der Waals surface area contributed by atoms with Gasteiger partial charge in [-0.1, -0.05) is 0 Å². The molecule has 1 aromatic carbocycles. The van der Waals surface area contributed by atoms with Gasteiger partial charge < -0.3 is 0 Å². The lowest BCUT2D eigenvalue weighted by atomic mass is 10.2. The summed E-state index contributed by atoms with van der Waals surface area (Å²) in [6.07, 6.45) is 1.53. The molecule has 2 aromatic rings. The zero-order chi connectivity index (χ0) is 8.55. The number of fused-ring (bicyclic) bond motifs is 1. The second-order valence-corrected chi connectivity index (χ2v) is 4.03. The van der Waals surface area contributed by atoms with Gasteiger partial charge in [0, 0.05) is 8.96 Å². The van der Waals surface area contributed by atoms with Crippen LogP contribution in [-0.4, -0.2) is 9.97 Å². The maximum Gasteiger partial charge on any atom is 0.117 e. The highest BCUT2D eigenvalue weighted by atomic mass is 127. The minimum atomic E-state index is 0.735. The molecule has 1 heterocycles. The molecule has 2 nitrogen and oxygen atoms in total. The minimum absolute atomic E-state index is 0.735. The summed E-state index contributed by atoms with van der Waals surface area (Å²) in [6, 6.07) is 6.01. The molecule has 2 rings (SSSR count). The van der Waals surface area contributed by atoms with E-state index in [1.54, 1.807) is 0 Å². The summed E-state index contributed by atoms with van der Waals surface area (Å²) < 4.78 is 1.17. The Bertz CT molecular complexity index is 430. The third kappa shape index (κ3) is 1.40. The van der Waals surface area contributed by atoms with Crippen molar-refractivity contribution in [2.45, 2.75) is 5.03 Å². The predicted molar refractivity (Wildman–Crippen MR) is 59.5 cm³/mol. The summed E-state index contributed by atoms with van der Waals surface area (Å²) >= 11 is 6.50. The quantitative estimate of drug-likeness (QED) is 0.458. The van der Waals surface area contributed by atoms with Gasteiger partial charge in [-0.2, -0.15) is 0 Å². The van der Waals surface area contributed by atoms with Gasteiger partial charge in [-0.05, 0) is 40.8 Å². The van der Waals surface area contributed by atoms with Crippen molar-refractivity contribution in [2.75, 3.05) is 0 Å². The standard InChI is InChI=1S/C8H5IN2S/c9-5-1-2-7-6(3-5)8(12)11-4-10-7/h1-4H,(H,10,11,12). The fourth-order valence-electron chi connectivity index (χ4n) is 1.02. The van der Waals surface area contributed by atoms with Crippen LogP contribution in [0, 0.1) is 3.57 Å². The molecule has 0 unspecified atom stereocenters. The number of hydrogen-bond acceptors (Lipinski definition) is 3. The summed E-state index contributed by atoms with van der Waals surface area (Å²) in [6.45, 7) is 0. The molecule has 0 spiro atoms. The molecule has 0 aliphatic heterocycles. The van der Waals surface area contributed by atoms with Crippen LogP contribution in [0.15, 0.2) is 29.6 Å². The van der Waals surface area contributed by atoms with E-state index >= 15 is 0 Å². The lowest BCUT2D eigenvalue weighted by Crippen LogP contribution is -1.84. The normalized spacial score (nSPS) is 10.5. The fourth-order valence-corrected chi connectivity index (χ4v) is 1.74. The highest BCUT2D eigenvalue weighted by Crippen LogP contribution is 2.19. The molecule has 0 fully saturated rings. The number of benzene rings is 1. The molecule has 0 radical (unpaired) electrons. The Hall–Kier alpha value is -0.360. The van der Waals surface area contributed by atoms with Gasteiger partial charge >= 0.3 is 0 Å². The van der Waals surface area contributed by atoms with E-state index in [-0.39, 0.29) is 0 Å². The number of rotatable bonds is 0. The second-order valence-electron chi connectivity index (χ2n) is 2.36. The van der Waals surface area contributed by atoms with E-state index in [1.807, 2.05) is 18.2 Å². The summed E-state index contributed by atoms with van der Waals surface area (Å²) in [5.41, 5.74) is 0.940. The van der Waals surface area contributed by atoms with Crippen LogP contribution in [0.4, 0.5) is 0 Å². The molecular formula is C8H5IN2S. The Morgan fingerprint density at radius 2 is 2.08 bits per heavy atom. The maximum atomic E-state index is 4.24. The first-order valence-corrected chi connectivity index (χ1v) is 4.89. The number of nitrogens with zero attached hydrogens (tertiary/aromatic N) is 2. The van der Waals surface area contributed by atoms with Crippen LogP contribution in [-0.2, 0) is 0 Å². The van der Waals surface area contributed by atoms with Gasteiger partial charge in [0.25, 0.3) is 0 Å². The van der Waals surface area contributed by atoms with Crippen LogP contribution in [0.1, 0.15) is 0 Å². The minimum Gasteiger partial charge on any atom is -0.236 e. The van der Waals surface area contributed by atoms with Crippen LogP contribution < -0.4 is 0 Å². The molecule has 60 valence electrons. The van der Waals surface area contributed by atoms with Crippen LogP contribution in [0.2, 0.25) is 0 Å². The highest BCUT2D eigenvalue weighted by molar-refractivity contribution is 14.1. The second kappa shape index (κ2) is 3.18. The molecule has 0 aliphatic rings. The van der Waals surface area contributed by atoms with Gasteiger partial charge in [-0.15, -0.1) is 12.6 Å². The average Bonchev–Trinajstić information content (AvgIpc) is 2.07. The summed E-state index contributed by atoms with van der Waals surface area (Å²) in [5, 5.41) is 1.74. The largest absolute Gasteiger partial charge is 0.236 e. The van der Waals surface area contributed by atoms with Crippen LogP contribution in [0.25, 0.3) is 10.9 Å². The zero-order valence-electron chi connectivity index (χ0n) is 6.03. The Labute approximate surface area is 89.0 Å². The molecule has 0 atom stereocenters. The molecule has 0 saturated carbocycles. The monoisotopic (exact) mass is 288 g/mol. The lowest BCUT2D eigenvalue weighted by molar-refractivity contribution is 1.11. The highest BCUT2D eigenvalue weighted by Gasteiger charge is 1.99.